The van der Waals surface area contributed by atoms with Crippen LogP contribution in [0.2, 0.25) is 0 Å². The van der Waals surface area contributed by atoms with Crippen LogP contribution in [0.3, 0.4) is 0 Å². The molecule has 74 valence electrons. The van der Waals surface area contributed by atoms with Crippen molar-refractivity contribution in [2.75, 3.05) is 6.61 Å². The van der Waals surface area contributed by atoms with Crippen molar-refractivity contribution in [1.29, 1.82) is 0 Å². The number of primary amides is 1. The molecule has 0 spiro atoms. The first-order chi connectivity index (χ1) is 5.77. The molecule has 13 heavy (non-hydrogen) atoms. The van der Waals surface area contributed by atoms with E-state index < -0.39 is 6.09 Å². The summed E-state index contributed by atoms with van der Waals surface area (Å²) >= 11 is 0. The SMILES string of the molecule is CCCCCCCCOC(N)=O.[Zn]. The summed E-state index contributed by atoms with van der Waals surface area (Å²) in [6, 6.07) is 0. The molecule has 0 aliphatic rings. The second kappa shape index (κ2) is 11.9. The Balaban J connectivity index is 0. The van der Waals surface area contributed by atoms with Crippen molar-refractivity contribution in [2.45, 2.75) is 45.4 Å². The summed E-state index contributed by atoms with van der Waals surface area (Å²) in [5.41, 5.74) is 4.79. The molecule has 2 N–H and O–H groups in total. The van der Waals surface area contributed by atoms with Gasteiger partial charge in [-0.1, -0.05) is 39.0 Å². The smallest absolute Gasteiger partial charge is 0.404 e. The van der Waals surface area contributed by atoms with E-state index in [2.05, 4.69) is 11.7 Å². The molecule has 0 fully saturated rings. The Morgan fingerprint density at radius 1 is 1.15 bits per heavy atom. The minimum absolute atomic E-state index is 0. The quantitative estimate of drug-likeness (QED) is 0.547. The summed E-state index contributed by atoms with van der Waals surface area (Å²) in [5.74, 6) is 0. The van der Waals surface area contributed by atoms with E-state index in [1.165, 1.54) is 25.7 Å². The van der Waals surface area contributed by atoms with Gasteiger partial charge in [0.05, 0.1) is 6.61 Å². The van der Waals surface area contributed by atoms with Crippen molar-refractivity contribution >= 4 is 6.09 Å². The Morgan fingerprint density at radius 2 is 1.69 bits per heavy atom. The van der Waals surface area contributed by atoms with Gasteiger partial charge in [-0.25, -0.2) is 4.79 Å². The molecule has 0 atom stereocenters. The van der Waals surface area contributed by atoms with Gasteiger partial charge >= 0.3 is 6.09 Å². The summed E-state index contributed by atoms with van der Waals surface area (Å²) in [5, 5.41) is 0. The first-order valence-corrected chi connectivity index (χ1v) is 4.69. The van der Waals surface area contributed by atoms with Gasteiger partial charge < -0.3 is 10.5 Å². The molecular formula is C9H19NO2Zn. The fourth-order valence-electron chi connectivity index (χ4n) is 1.06. The van der Waals surface area contributed by atoms with Gasteiger partial charge in [0.1, 0.15) is 0 Å². The molecule has 0 rings (SSSR count). The van der Waals surface area contributed by atoms with Crippen LogP contribution in [0.1, 0.15) is 45.4 Å². The van der Waals surface area contributed by atoms with Crippen LogP contribution < -0.4 is 5.73 Å². The second-order valence-corrected chi connectivity index (χ2v) is 2.94. The Bertz CT molecular complexity index is 120. The fraction of sp³-hybridized carbons (Fsp3) is 0.889. The molecule has 0 heterocycles. The number of rotatable bonds is 7. The van der Waals surface area contributed by atoms with Crippen LogP contribution in [-0.4, -0.2) is 12.7 Å². The Hall–Kier alpha value is -0.107. The molecule has 0 unspecified atom stereocenters. The number of ether oxygens (including phenoxy) is 1. The maximum atomic E-state index is 10.1. The van der Waals surface area contributed by atoms with Crippen molar-refractivity contribution in [3.05, 3.63) is 0 Å². The average Bonchev–Trinajstić information content (AvgIpc) is 2.02. The summed E-state index contributed by atoms with van der Waals surface area (Å²) < 4.78 is 4.59. The van der Waals surface area contributed by atoms with E-state index in [0.29, 0.717) is 6.61 Å². The maximum Gasteiger partial charge on any atom is 0.404 e. The molecule has 0 aliphatic carbocycles. The number of carbonyl (C=O) groups is 1. The van der Waals surface area contributed by atoms with Gasteiger partial charge in [0.15, 0.2) is 0 Å². The minimum atomic E-state index is -0.663. The zero-order valence-electron chi connectivity index (χ0n) is 8.55. The number of unbranched alkanes of at least 4 members (excludes halogenated alkanes) is 5. The molecule has 0 aromatic carbocycles. The van der Waals surface area contributed by atoms with Gasteiger partial charge in [-0.2, -0.15) is 0 Å². The van der Waals surface area contributed by atoms with Gasteiger partial charge in [-0.15, -0.1) is 0 Å². The van der Waals surface area contributed by atoms with E-state index in [9.17, 15) is 4.79 Å². The molecule has 0 aliphatic heterocycles. The first-order valence-electron chi connectivity index (χ1n) is 4.69. The van der Waals surface area contributed by atoms with E-state index >= 15 is 0 Å². The van der Waals surface area contributed by atoms with Crippen LogP contribution in [0.15, 0.2) is 0 Å². The molecule has 0 saturated heterocycles. The minimum Gasteiger partial charge on any atom is -0.450 e. The third-order valence-corrected chi connectivity index (χ3v) is 1.74. The zero-order valence-corrected chi connectivity index (χ0v) is 11.5. The number of carbonyl (C=O) groups excluding carboxylic acids is 1. The monoisotopic (exact) mass is 237 g/mol. The second-order valence-electron chi connectivity index (χ2n) is 2.94. The summed E-state index contributed by atoms with van der Waals surface area (Å²) in [4.78, 5) is 10.1. The number of amides is 1. The van der Waals surface area contributed by atoms with Gasteiger partial charge in [0.2, 0.25) is 0 Å². The average molecular weight is 239 g/mol. The van der Waals surface area contributed by atoms with Crippen LogP contribution in [0.25, 0.3) is 0 Å². The fourth-order valence-corrected chi connectivity index (χ4v) is 1.06. The topological polar surface area (TPSA) is 52.3 Å². The third-order valence-electron chi connectivity index (χ3n) is 1.74. The van der Waals surface area contributed by atoms with Crippen molar-refractivity contribution < 1.29 is 29.0 Å². The van der Waals surface area contributed by atoms with Crippen molar-refractivity contribution in [2.24, 2.45) is 5.73 Å². The van der Waals surface area contributed by atoms with E-state index in [1.54, 1.807) is 0 Å². The van der Waals surface area contributed by atoms with Gasteiger partial charge in [-0.05, 0) is 6.42 Å². The Kier molecular flexibility index (Phi) is 14.1. The zero-order chi connectivity index (χ0) is 9.23. The maximum absolute atomic E-state index is 10.1. The van der Waals surface area contributed by atoms with Crippen LogP contribution in [-0.2, 0) is 24.2 Å². The summed E-state index contributed by atoms with van der Waals surface area (Å²) in [7, 11) is 0. The molecule has 3 nitrogen and oxygen atoms in total. The van der Waals surface area contributed by atoms with Crippen molar-refractivity contribution in [1.82, 2.24) is 0 Å². The molecule has 4 heteroatoms. The first kappa shape index (κ1) is 15.4. The number of nitrogens with two attached hydrogens (primary N) is 1. The van der Waals surface area contributed by atoms with E-state index in [4.69, 9.17) is 5.73 Å². The molecular weight excluding hydrogens is 219 g/mol. The third kappa shape index (κ3) is 14.7. The Labute approximate surface area is 93.2 Å². The van der Waals surface area contributed by atoms with Crippen LogP contribution in [0, 0.1) is 0 Å². The molecule has 1 amide bonds. The molecule has 0 aromatic heterocycles. The molecule has 0 bridgehead atoms. The summed E-state index contributed by atoms with van der Waals surface area (Å²) in [6.07, 6.45) is 6.49. The normalized spacial score (nSPS) is 9.00. The number of hydrogen-bond donors (Lipinski definition) is 1. The predicted octanol–water partition coefficient (Wildman–Crippen LogP) is 2.44. The van der Waals surface area contributed by atoms with E-state index in [0.717, 1.165) is 12.8 Å². The molecule has 0 radical (unpaired) electrons. The molecule has 0 aromatic rings. The van der Waals surface area contributed by atoms with Gasteiger partial charge in [0, 0.05) is 19.5 Å². The summed E-state index contributed by atoms with van der Waals surface area (Å²) in [6.45, 7) is 2.66. The van der Waals surface area contributed by atoms with E-state index in [1.807, 2.05) is 0 Å². The number of hydrogen-bond acceptors (Lipinski definition) is 2. The Morgan fingerprint density at radius 3 is 2.23 bits per heavy atom. The molecule has 0 saturated carbocycles. The van der Waals surface area contributed by atoms with Gasteiger partial charge in [-0.3, -0.25) is 0 Å². The van der Waals surface area contributed by atoms with Crippen LogP contribution >= 0.6 is 0 Å². The standard InChI is InChI=1S/C9H19NO2.Zn/c1-2-3-4-5-6-7-8-12-9(10)11;/h2-8H2,1H3,(H2,10,11);. The van der Waals surface area contributed by atoms with E-state index in [-0.39, 0.29) is 19.5 Å². The van der Waals surface area contributed by atoms with Crippen molar-refractivity contribution in [3.8, 4) is 0 Å². The van der Waals surface area contributed by atoms with Gasteiger partial charge in [0.25, 0.3) is 0 Å². The predicted molar refractivity (Wildman–Crippen MR) is 48.9 cm³/mol. The largest absolute Gasteiger partial charge is 0.450 e. The van der Waals surface area contributed by atoms with Crippen LogP contribution in [0.4, 0.5) is 4.79 Å². The van der Waals surface area contributed by atoms with Crippen molar-refractivity contribution in [3.63, 3.8) is 0 Å². The van der Waals surface area contributed by atoms with Crippen LogP contribution in [0.5, 0.6) is 0 Å².